The normalized spacial score (nSPS) is 12.6. The van der Waals surface area contributed by atoms with Gasteiger partial charge in [-0.1, -0.05) is 0 Å². The highest BCUT2D eigenvalue weighted by molar-refractivity contribution is 14.2. The van der Waals surface area contributed by atoms with Crippen LogP contribution in [0.1, 0.15) is 41.5 Å². The van der Waals surface area contributed by atoms with Gasteiger partial charge in [-0.25, -0.2) is 19.0 Å². The van der Waals surface area contributed by atoms with Crippen LogP contribution in [0.15, 0.2) is 16.9 Å². The van der Waals surface area contributed by atoms with E-state index >= 15 is 0 Å². The molecule has 0 saturated carbocycles. The van der Waals surface area contributed by atoms with Gasteiger partial charge in [-0.2, -0.15) is 10.00 Å². The zero-order valence-corrected chi connectivity index (χ0v) is 20.6. The molecule has 2 aromatic heterocycles. The molecule has 0 bridgehead atoms. The second-order valence-electron chi connectivity index (χ2n) is 7.63. The summed E-state index contributed by atoms with van der Waals surface area (Å²) in [6.07, 6.45) is 1.69. The van der Waals surface area contributed by atoms with Gasteiger partial charge >= 0.3 is 12.2 Å². The molecule has 0 aliphatic heterocycles. The first-order chi connectivity index (χ1) is 12.3. The fourth-order valence-corrected chi connectivity index (χ4v) is 4.27. The van der Waals surface area contributed by atoms with Crippen molar-refractivity contribution in [3.05, 3.63) is 16.9 Å². The van der Waals surface area contributed by atoms with Gasteiger partial charge in [0.2, 0.25) is 0 Å². The molecule has 2 aromatic rings. The number of pyridine rings is 1. The monoisotopic (exact) mass is 570 g/mol. The highest BCUT2D eigenvalue weighted by Crippen LogP contribution is 2.36. The molecule has 0 fully saturated rings. The molecule has 0 aliphatic rings. The fourth-order valence-electron chi connectivity index (χ4n) is 2.10. The molecular weight excluding hydrogens is 550 g/mol. The third-order valence-electron chi connectivity index (χ3n) is 2.98. The SMILES string of the molecule is CC(C)(C)OC(=O)N(C(=O)OC(C)(C)C)c1ncc(Br)c2c1cnn2PI. The second-order valence-corrected chi connectivity index (χ2v) is 10.5. The molecule has 1 atom stereocenters. The van der Waals surface area contributed by atoms with Crippen LogP contribution in [0.3, 0.4) is 0 Å². The molecule has 148 valence electrons. The van der Waals surface area contributed by atoms with Crippen molar-refractivity contribution in [3.63, 3.8) is 0 Å². The van der Waals surface area contributed by atoms with E-state index in [1.54, 1.807) is 52.2 Å². The smallest absolute Gasteiger partial charge is 0.425 e. The Balaban J connectivity index is 2.62. The molecule has 2 amide bonds. The van der Waals surface area contributed by atoms with Crippen LogP contribution in [-0.2, 0) is 9.47 Å². The Morgan fingerprint density at radius 3 is 2.07 bits per heavy atom. The minimum Gasteiger partial charge on any atom is -0.443 e. The van der Waals surface area contributed by atoms with E-state index in [1.165, 1.54) is 6.20 Å². The number of carbonyl (C=O) groups is 2. The maximum Gasteiger partial charge on any atom is 0.425 e. The van der Waals surface area contributed by atoms with Gasteiger partial charge in [0.05, 0.1) is 27.9 Å². The number of carbonyl (C=O) groups excluding carboxylic acids is 2. The van der Waals surface area contributed by atoms with Crippen molar-refractivity contribution < 1.29 is 19.1 Å². The number of imide groups is 1. The average Bonchev–Trinajstić information content (AvgIpc) is 2.91. The number of amides is 2. The van der Waals surface area contributed by atoms with Crippen molar-refractivity contribution in [2.75, 3.05) is 4.90 Å². The largest absolute Gasteiger partial charge is 0.443 e. The first-order valence-electron chi connectivity index (χ1n) is 7.99. The lowest BCUT2D eigenvalue weighted by atomic mass is 10.2. The van der Waals surface area contributed by atoms with Crippen molar-refractivity contribution >= 4 is 73.3 Å². The van der Waals surface area contributed by atoms with Crippen molar-refractivity contribution in [1.29, 1.82) is 0 Å². The number of halogens is 2. The number of aromatic nitrogens is 3. The zero-order valence-electron chi connectivity index (χ0n) is 15.8. The summed E-state index contributed by atoms with van der Waals surface area (Å²) in [5.41, 5.74) is -0.857. The van der Waals surface area contributed by atoms with Gasteiger partial charge in [-0.3, -0.25) is 0 Å². The van der Waals surface area contributed by atoms with Crippen LogP contribution >= 0.6 is 44.3 Å². The van der Waals surface area contributed by atoms with Crippen molar-refractivity contribution in [2.24, 2.45) is 0 Å². The Morgan fingerprint density at radius 1 is 1.11 bits per heavy atom. The van der Waals surface area contributed by atoms with E-state index in [-0.39, 0.29) is 5.82 Å². The maximum absolute atomic E-state index is 12.8. The summed E-state index contributed by atoms with van der Waals surface area (Å²) in [7, 11) is 0. The molecule has 0 aliphatic carbocycles. The Bertz CT molecular complexity index is 848. The lowest BCUT2D eigenvalue weighted by molar-refractivity contribution is 0.0429. The third kappa shape index (κ3) is 5.51. The predicted molar refractivity (Wildman–Crippen MR) is 118 cm³/mol. The van der Waals surface area contributed by atoms with E-state index < -0.39 is 23.4 Å². The Kier molecular flexibility index (Phi) is 6.74. The van der Waals surface area contributed by atoms with Gasteiger partial charge in [0.25, 0.3) is 0 Å². The Hall–Kier alpha value is -1.000. The summed E-state index contributed by atoms with van der Waals surface area (Å²) in [6, 6.07) is 0. The molecule has 0 radical (unpaired) electrons. The predicted octanol–water partition coefficient (Wildman–Crippen LogP) is 5.66. The summed E-state index contributed by atoms with van der Waals surface area (Å²) in [5.74, 6) is 0.109. The summed E-state index contributed by atoms with van der Waals surface area (Å²) in [6.45, 7) is 10.3. The number of hydrogen-bond donors (Lipinski definition) is 0. The number of fused-ring (bicyclic) bond motifs is 1. The summed E-state index contributed by atoms with van der Waals surface area (Å²) in [4.78, 5) is 30.7. The van der Waals surface area contributed by atoms with Gasteiger partial charge in [-0.15, -0.1) is 0 Å². The van der Waals surface area contributed by atoms with E-state index in [0.717, 1.165) is 10.4 Å². The lowest BCUT2D eigenvalue weighted by Crippen LogP contribution is -2.44. The first-order valence-corrected chi connectivity index (χ1v) is 12.8. The molecule has 11 heteroatoms. The van der Waals surface area contributed by atoms with Gasteiger partial charge in [-0.05, 0) is 79.5 Å². The van der Waals surface area contributed by atoms with Crippen LogP contribution < -0.4 is 4.90 Å². The topological polar surface area (TPSA) is 86.6 Å². The van der Waals surface area contributed by atoms with Gasteiger partial charge in [0, 0.05) is 6.20 Å². The van der Waals surface area contributed by atoms with E-state index in [9.17, 15) is 9.59 Å². The van der Waals surface area contributed by atoms with Crippen LogP contribution in [0.2, 0.25) is 0 Å². The third-order valence-corrected chi connectivity index (χ3v) is 5.43. The van der Waals surface area contributed by atoms with Crippen LogP contribution in [0.25, 0.3) is 10.9 Å². The number of hydrogen-bond acceptors (Lipinski definition) is 6. The molecular formula is C16H21BrIN4O4P. The lowest BCUT2D eigenvalue weighted by Gasteiger charge is -2.28. The van der Waals surface area contributed by atoms with Crippen LogP contribution in [0, 0.1) is 0 Å². The minimum absolute atomic E-state index is 0.109. The van der Waals surface area contributed by atoms with E-state index in [1.807, 2.05) is 0 Å². The Labute approximate surface area is 180 Å². The molecule has 0 spiro atoms. The van der Waals surface area contributed by atoms with Crippen molar-refractivity contribution in [2.45, 2.75) is 52.7 Å². The summed E-state index contributed by atoms with van der Waals surface area (Å²) < 4.78 is 13.3. The molecule has 27 heavy (non-hydrogen) atoms. The second kappa shape index (κ2) is 8.16. The molecule has 8 nitrogen and oxygen atoms in total. The van der Waals surface area contributed by atoms with Crippen molar-refractivity contribution in [3.8, 4) is 0 Å². The standard InChI is InChI=1S/C16H21BrIN4O4P/c1-15(2,3)25-13(23)21(14(24)26-16(4,5)6)12-9-7-20-22(27-18)11(9)10(17)8-19-12/h7-8,27H,1-6H3. The van der Waals surface area contributed by atoms with Crippen molar-refractivity contribution in [1.82, 2.24) is 14.5 Å². The minimum atomic E-state index is -0.863. The number of anilines is 1. The molecule has 2 heterocycles. The molecule has 0 aromatic carbocycles. The Morgan fingerprint density at radius 2 is 1.63 bits per heavy atom. The summed E-state index contributed by atoms with van der Waals surface area (Å²) in [5, 5.41) is 4.84. The summed E-state index contributed by atoms with van der Waals surface area (Å²) >= 11 is 5.65. The highest BCUT2D eigenvalue weighted by Gasteiger charge is 2.35. The molecule has 0 N–H and O–H groups in total. The number of rotatable bonds is 2. The maximum atomic E-state index is 12.8. The van der Waals surface area contributed by atoms with E-state index in [4.69, 9.17) is 9.47 Å². The molecule has 0 saturated heterocycles. The molecule has 2 rings (SSSR count). The average molecular weight is 571 g/mol. The van der Waals surface area contributed by atoms with Crippen LogP contribution in [0.5, 0.6) is 0 Å². The van der Waals surface area contributed by atoms with Gasteiger partial charge in [0.15, 0.2) is 5.82 Å². The quantitative estimate of drug-likeness (QED) is 0.342. The van der Waals surface area contributed by atoms with E-state index in [2.05, 4.69) is 48.1 Å². The van der Waals surface area contributed by atoms with Gasteiger partial charge < -0.3 is 9.47 Å². The highest BCUT2D eigenvalue weighted by atomic mass is 127. The van der Waals surface area contributed by atoms with E-state index in [0.29, 0.717) is 16.2 Å². The van der Waals surface area contributed by atoms with Crippen LogP contribution in [0.4, 0.5) is 15.4 Å². The number of ether oxygens (including phenoxy) is 2. The molecule has 1 unspecified atom stereocenters. The first kappa shape index (κ1) is 22.3. The van der Waals surface area contributed by atoms with Crippen LogP contribution in [-0.4, -0.2) is 37.9 Å². The van der Waals surface area contributed by atoms with Gasteiger partial charge in [0.1, 0.15) is 11.2 Å². The fraction of sp³-hybridized carbons (Fsp3) is 0.500. The zero-order chi connectivity index (χ0) is 20.6. The number of nitrogens with zero attached hydrogens (tertiary/aromatic N) is 4.